The Bertz CT molecular complexity index is 761. The molecule has 4 rings (SSSR count). The highest BCUT2D eigenvalue weighted by atomic mass is 16.6. The predicted octanol–water partition coefficient (Wildman–Crippen LogP) is 3.17. The summed E-state index contributed by atoms with van der Waals surface area (Å²) in [5.41, 5.74) is 2.06. The van der Waals surface area contributed by atoms with Gasteiger partial charge in [0.25, 0.3) is 5.91 Å². The molecule has 1 aliphatic carbocycles. The fraction of sp³-hybridized carbons (Fsp3) is 0.227. The van der Waals surface area contributed by atoms with Gasteiger partial charge in [0.15, 0.2) is 6.10 Å². The Morgan fingerprint density at radius 3 is 2.08 bits per heavy atom. The number of fused-ring (bicyclic) bond motifs is 1. The molecule has 0 unspecified atom stereocenters. The van der Waals surface area contributed by atoms with Crippen LogP contribution in [0.4, 0.5) is 0 Å². The second-order valence-electron chi connectivity index (χ2n) is 6.42. The number of nitrogens with one attached hydrogen (secondary N) is 1. The lowest BCUT2D eigenvalue weighted by molar-refractivity contribution is -0.168. The van der Waals surface area contributed by atoms with E-state index < -0.39 is 6.10 Å². The first-order valence-electron chi connectivity index (χ1n) is 8.83. The van der Waals surface area contributed by atoms with E-state index in [2.05, 4.69) is 5.32 Å². The highest BCUT2D eigenvalue weighted by Gasteiger charge is 2.34. The van der Waals surface area contributed by atoms with Crippen molar-refractivity contribution in [1.29, 1.82) is 0 Å². The number of carbonyl (C=O) groups excluding carboxylic acids is 1. The minimum Gasteiger partial charge on any atom is -0.368 e. The number of carbonyl (C=O) groups is 1. The third kappa shape index (κ3) is 3.62. The lowest BCUT2D eigenvalue weighted by Crippen LogP contribution is -2.50. The molecule has 0 saturated carbocycles. The average Bonchev–Trinajstić information content (AvgIpc) is 2.72. The van der Waals surface area contributed by atoms with E-state index in [1.807, 2.05) is 85.0 Å². The first-order chi connectivity index (χ1) is 12.8. The van der Waals surface area contributed by atoms with Gasteiger partial charge in [-0.3, -0.25) is 4.79 Å². The van der Waals surface area contributed by atoms with Gasteiger partial charge in [-0.2, -0.15) is 0 Å². The van der Waals surface area contributed by atoms with Gasteiger partial charge in [0.05, 0.1) is 12.6 Å². The molecular weight excluding hydrogens is 326 g/mol. The molecule has 1 heterocycles. The van der Waals surface area contributed by atoms with Gasteiger partial charge in [-0.15, -0.1) is 0 Å². The number of allylic oxidation sites excluding steroid dienone is 2. The Kier molecular flexibility index (Phi) is 4.95. The van der Waals surface area contributed by atoms with Gasteiger partial charge in [-0.1, -0.05) is 85.0 Å². The third-order valence-corrected chi connectivity index (χ3v) is 4.64. The zero-order chi connectivity index (χ0) is 17.8. The summed E-state index contributed by atoms with van der Waals surface area (Å²) in [6, 6.07) is 19.7. The molecule has 0 aromatic heterocycles. The van der Waals surface area contributed by atoms with Gasteiger partial charge in [-0.05, 0) is 11.1 Å². The lowest BCUT2D eigenvalue weighted by Gasteiger charge is -2.35. The van der Waals surface area contributed by atoms with E-state index in [4.69, 9.17) is 9.47 Å². The van der Waals surface area contributed by atoms with Crippen LogP contribution in [-0.4, -0.2) is 30.8 Å². The number of rotatable bonds is 4. The molecule has 1 saturated heterocycles. The van der Waals surface area contributed by atoms with Gasteiger partial charge < -0.3 is 14.8 Å². The maximum atomic E-state index is 12.9. The van der Waals surface area contributed by atoms with Crippen LogP contribution in [0, 0.1) is 0 Å². The van der Waals surface area contributed by atoms with Crippen molar-refractivity contribution in [3.8, 4) is 0 Å². The van der Waals surface area contributed by atoms with Gasteiger partial charge in [0, 0.05) is 0 Å². The minimum absolute atomic E-state index is 0.108. The van der Waals surface area contributed by atoms with E-state index in [0.29, 0.717) is 0 Å². The fourth-order valence-corrected chi connectivity index (χ4v) is 3.29. The van der Waals surface area contributed by atoms with Crippen LogP contribution in [0.15, 0.2) is 85.0 Å². The maximum Gasteiger partial charge on any atom is 0.252 e. The fourth-order valence-electron chi connectivity index (χ4n) is 3.29. The topological polar surface area (TPSA) is 47.6 Å². The zero-order valence-corrected chi connectivity index (χ0v) is 14.3. The SMILES string of the molecule is O=C(NC(c1ccccc1)c1ccccc1)[C@@H]1CO[C@@H]2C=CC=C[C@H]2O1. The molecule has 2 aromatic carbocycles. The smallest absolute Gasteiger partial charge is 0.252 e. The van der Waals surface area contributed by atoms with Crippen molar-refractivity contribution in [2.24, 2.45) is 0 Å². The maximum absolute atomic E-state index is 12.9. The van der Waals surface area contributed by atoms with E-state index in [1.54, 1.807) is 0 Å². The van der Waals surface area contributed by atoms with Gasteiger partial charge in [0.2, 0.25) is 0 Å². The van der Waals surface area contributed by atoms with Crippen LogP contribution in [0.3, 0.4) is 0 Å². The van der Waals surface area contributed by atoms with Crippen LogP contribution >= 0.6 is 0 Å². The van der Waals surface area contributed by atoms with Crippen LogP contribution in [-0.2, 0) is 14.3 Å². The Balaban J connectivity index is 1.51. The number of hydrogen-bond acceptors (Lipinski definition) is 3. The highest BCUT2D eigenvalue weighted by molar-refractivity contribution is 5.82. The van der Waals surface area contributed by atoms with E-state index in [-0.39, 0.29) is 30.8 Å². The normalized spacial score (nSPS) is 24.3. The molecule has 1 N–H and O–H groups in total. The second kappa shape index (κ2) is 7.68. The number of benzene rings is 2. The van der Waals surface area contributed by atoms with Gasteiger partial charge in [0.1, 0.15) is 12.2 Å². The Hall–Kier alpha value is -2.69. The quantitative estimate of drug-likeness (QED) is 0.924. The molecule has 2 aromatic rings. The molecule has 132 valence electrons. The number of ether oxygens (including phenoxy) is 2. The van der Waals surface area contributed by atoms with E-state index >= 15 is 0 Å². The molecule has 26 heavy (non-hydrogen) atoms. The summed E-state index contributed by atoms with van der Waals surface area (Å²) in [5.74, 6) is -0.163. The van der Waals surface area contributed by atoms with Crippen LogP contribution in [0.25, 0.3) is 0 Å². The van der Waals surface area contributed by atoms with Gasteiger partial charge >= 0.3 is 0 Å². The second-order valence-corrected chi connectivity index (χ2v) is 6.42. The summed E-state index contributed by atoms with van der Waals surface area (Å²) < 4.78 is 11.7. The van der Waals surface area contributed by atoms with Crippen molar-refractivity contribution in [1.82, 2.24) is 5.32 Å². The van der Waals surface area contributed by atoms with Crippen molar-refractivity contribution in [2.75, 3.05) is 6.61 Å². The van der Waals surface area contributed by atoms with E-state index in [1.165, 1.54) is 0 Å². The molecule has 0 radical (unpaired) electrons. The van der Waals surface area contributed by atoms with Crippen LogP contribution < -0.4 is 5.32 Å². The Morgan fingerprint density at radius 1 is 0.885 bits per heavy atom. The summed E-state index contributed by atoms with van der Waals surface area (Å²) >= 11 is 0. The standard InChI is InChI=1S/C22H21NO3/c24-22(20-15-25-18-13-7-8-14-19(18)26-20)23-21(16-9-3-1-4-10-16)17-11-5-2-6-12-17/h1-14,18-21H,15H2,(H,23,24)/t18-,19-,20+/m1/s1. The molecule has 1 amide bonds. The molecule has 4 nitrogen and oxygen atoms in total. The van der Waals surface area contributed by atoms with E-state index in [9.17, 15) is 4.79 Å². The first kappa shape index (κ1) is 16.8. The van der Waals surface area contributed by atoms with E-state index in [0.717, 1.165) is 11.1 Å². The summed E-state index contributed by atoms with van der Waals surface area (Å²) in [7, 11) is 0. The lowest BCUT2D eigenvalue weighted by atomic mass is 9.98. The number of amides is 1. The molecule has 1 aliphatic heterocycles. The first-order valence-corrected chi connectivity index (χ1v) is 8.83. The zero-order valence-electron chi connectivity index (χ0n) is 14.3. The van der Waals surface area contributed by atoms with Crippen molar-refractivity contribution >= 4 is 5.91 Å². The molecular formula is C22H21NO3. The van der Waals surface area contributed by atoms with Crippen LogP contribution in [0.2, 0.25) is 0 Å². The van der Waals surface area contributed by atoms with Crippen molar-refractivity contribution < 1.29 is 14.3 Å². The van der Waals surface area contributed by atoms with Crippen molar-refractivity contribution in [2.45, 2.75) is 24.4 Å². The molecule has 4 heteroatoms. The van der Waals surface area contributed by atoms with Gasteiger partial charge in [-0.25, -0.2) is 0 Å². The summed E-state index contributed by atoms with van der Waals surface area (Å²) in [4.78, 5) is 12.9. The predicted molar refractivity (Wildman–Crippen MR) is 99.6 cm³/mol. The molecule has 3 atom stereocenters. The number of hydrogen-bond donors (Lipinski definition) is 1. The molecule has 0 bridgehead atoms. The third-order valence-electron chi connectivity index (χ3n) is 4.64. The van der Waals surface area contributed by atoms with Crippen molar-refractivity contribution in [3.05, 3.63) is 96.1 Å². The van der Waals surface area contributed by atoms with Crippen LogP contribution in [0.1, 0.15) is 17.2 Å². The Labute approximate surface area is 153 Å². The monoisotopic (exact) mass is 347 g/mol. The Morgan fingerprint density at radius 2 is 1.46 bits per heavy atom. The largest absolute Gasteiger partial charge is 0.368 e. The summed E-state index contributed by atoms with van der Waals surface area (Å²) in [6.45, 7) is 0.251. The molecule has 1 fully saturated rings. The summed E-state index contributed by atoms with van der Waals surface area (Å²) in [6.07, 6.45) is 6.79. The average molecular weight is 347 g/mol. The summed E-state index contributed by atoms with van der Waals surface area (Å²) in [5, 5.41) is 3.13. The highest BCUT2D eigenvalue weighted by Crippen LogP contribution is 2.24. The minimum atomic E-state index is -0.623. The molecule has 2 aliphatic rings. The molecule has 0 spiro atoms. The van der Waals surface area contributed by atoms with Crippen molar-refractivity contribution in [3.63, 3.8) is 0 Å². The van der Waals surface area contributed by atoms with Crippen LogP contribution in [0.5, 0.6) is 0 Å².